The maximum atomic E-state index is 5.97. The highest BCUT2D eigenvalue weighted by Gasteiger charge is 2.10. The third-order valence-corrected chi connectivity index (χ3v) is 2.94. The Morgan fingerprint density at radius 1 is 1.43 bits per heavy atom. The number of allylic oxidation sites excluding steroid dienone is 4. The van der Waals surface area contributed by atoms with Gasteiger partial charge < -0.3 is 11.5 Å². The van der Waals surface area contributed by atoms with E-state index < -0.39 is 0 Å². The summed E-state index contributed by atoms with van der Waals surface area (Å²) in [4.78, 5) is 0. The first-order valence-electron chi connectivity index (χ1n) is 5.18. The molecule has 1 rings (SSSR count). The molecule has 0 heterocycles. The second-order valence-corrected chi connectivity index (χ2v) is 3.93. The maximum Gasteiger partial charge on any atom is 0.0539 e. The molecule has 0 amide bonds. The molecular formula is C12H20N2. The fraction of sp³-hybridized carbons (Fsp3) is 0.500. The number of hydrogen-bond donors (Lipinski definition) is 2. The highest BCUT2D eigenvalue weighted by molar-refractivity contribution is 5.35. The van der Waals surface area contributed by atoms with Crippen LogP contribution >= 0.6 is 0 Å². The van der Waals surface area contributed by atoms with E-state index in [1.165, 1.54) is 11.1 Å². The molecule has 1 atom stereocenters. The molecule has 0 aromatic heterocycles. The van der Waals surface area contributed by atoms with Crippen LogP contribution in [0.3, 0.4) is 0 Å². The van der Waals surface area contributed by atoms with Gasteiger partial charge in [-0.15, -0.1) is 0 Å². The van der Waals surface area contributed by atoms with Crippen LogP contribution in [0.1, 0.15) is 33.6 Å². The van der Waals surface area contributed by atoms with Crippen molar-refractivity contribution in [3.63, 3.8) is 0 Å². The smallest absolute Gasteiger partial charge is 0.0539 e. The molecule has 0 aliphatic heterocycles. The molecule has 0 fully saturated rings. The van der Waals surface area contributed by atoms with Gasteiger partial charge in [0.25, 0.3) is 0 Å². The van der Waals surface area contributed by atoms with Crippen molar-refractivity contribution in [2.75, 3.05) is 0 Å². The van der Waals surface area contributed by atoms with E-state index in [0.29, 0.717) is 5.92 Å². The third-order valence-electron chi connectivity index (χ3n) is 2.94. The summed E-state index contributed by atoms with van der Waals surface area (Å²) < 4.78 is 0. The minimum atomic E-state index is 0.395. The Balaban J connectivity index is 3.12. The van der Waals surface area contributed by atoms with E-state index in [-0.39, 0.29) is 0 Å². The molecule has 1 unspecified atom stereocenters. The lowest BCUT2D eigenvalue weighted by Crippen LogP contribution is -2.15. The van der Waals surface area contributed by atoms with Gasteiger partial charge >= 0.3 is 0 Å². The van der Waals surface area contributed by atoms with Gasteiger partial charge in [0.2, 0.25) is 0 Å². The summed E-state index contributed by atoms with van der Waals surface area (Å²) in [6.07, 6.45) is 6.20. The van der Waals surface area contributed by atoms with Gasteiger partial charge in [0.1, 0.15) is 0 Å². The maximum absolute atomic E-state index is 5.97. The molecule has 0 saturated heterocycles. The van der Waals surface area contributed by atoms with E-state index in [1.54, 1.807) is 0 Å². The van der Waals surface area contributed by atoms with Crippen molar-refractivity contribution in [3.8, 4) is 0 Å². The van der Waals surface area contributed by atoms with Crippen molar-refractivity contribution in [2.45, 2.75) is 33.6 Å². The lowest BCUT2D eigenvalue weighted by molar-refractivity contribution is 0.824. The van der Waals surface area contributed by atoms with Crippen molar-refractivity contribution >= 4 is 0 Å². The van der Waals surface area contributed by atoms with Crippen LogP contribution in [0.25, 0.3) is 0 Å². The molecule has 0 aromatic carbocycles. The lowest BCUT2D eigenvalue weighted by atomic mass is 9.93. The summed E-state index contributed by atoms with van der Waals surface area (Å²) in [6, 6.07) is 0. The Labute approximate surface area is 86.4 Å². The van der Waals surface area contributed by atoms with Crippen molar-refractivity contribution in [3.05, 3.63) is 34.7 Å². The Morgan fingerprint density at radius 2 is 2.07 bits per heavy atom. The average molecular weight is 192 g/mol. The van der Waals surface area contributed by atoms with Crippen molar-refractivity contribution in [1.29, 1.82) is 0 Å². The topological polar surface area (TPSA) is 52.0 Å². The van der Waals surface area contributed by atoms with Gasteiger partial charge in [0.15, 0.2) is 0 Å². The van der Waals surface area contributed by atoms with Crippen LogP contribution in [0.2, 0.25) is 0 Å². The molecular weight excluding hydrogens is 172 g/mol. The van der Waals surface area contributed by atoms with Gasteiger partial charge in [-0.3, -0.25) is 0 Å². The molecule has 2 nitrogen and oxygen atoms in total. The predicted octanol–water partition coefficient (Wildman–Crippen LogP) is 2.44. The summed E-state index contributed by atoms with van der Waals surface area (Å²) in [5.41, 5.74) is 16.0. The number of nitrogens with two attached hydrogens (primary N) is 2. The van der Waals surface area contributed by atoms with Crippen LogP contribution < -0.4 is 11.5 Å². The predicted molar refractivity (Wildman–Crippen MR) is 61.3 cm³/mol. The molecule has 0 radical (unpaired) electrons. The van der Waals surface area contributed by atoms with Gasteiger partial charge in [-0.05, 0) is 31.3 Å². The van der Waals surface area contributed by atoms with Crippen LogP contribution in [-0.2, 0) is 0 Å². The minimum Gasteiger partial charge on any atom is -0.397 e. The largest absolute Gasteiger partial charge is 0.397 e. The normalized spacial score (nSPS) is 36.4. The van der Waals surface area contributed by atoms with Crippen molar-refractivity contribution in [2.24, 2.45) is 17.4 Å². The Hall–Kier alpha value is -1.18. The summed E-state index contributed by atoms with van der Waals surface area (Å²) in [5, 5.41) is 0. The Kier molecular flexibility index (Phi) is 3.39. The van der Waals surface area contributed by atoms with Crippen LogP contribution in [0.5, 0.6) is 0 Å². The molecule has 0 aromatic rings. The van der Waals surface area contributed by atoms with Gasteiger partial charge in [-0.1, -0.05) is 31.6 Å². The Bertz CT molecular complexity index is 308. The molecule has 0 spiro atoms. The zero-order chi connectivity index (χ0) is 10.7. The summed E-state index contributed by atoms with van der Waals surface area (Å²) in [7, 11) is 0. The van der Waals surface area contributed by atoms with E-state index in [1.807, 2.05) is 6.08 Å². The molecule has 14 heavy (non-hydrogen) atoms. The first-order chi connectivity index (χ1) is 6.56. The third kappa shape index (κ3) is 2.19. The molecule has 1 aliphatic rings. The number of rotatable bonds is 1. The second kappa shape index (κ2) is 4.36. The first-order valence-corrected chi connectivity index (χ1v) is 5.18. The fourth-order valence-corrected chi connectivity index (χ4v) is 1.61. The minimum absolute atomic E-state index is 0.395. The first kappa shape index (κ1) is 10.9. The van der Waals surface area contributed by atoms with Crippen LogP contribution in [0, 0.1) is 5.92 Å². The van der Waals surface area contributed by atoms with E-state index in [2.05, 4.69) is 26.8 Å². The standard InChI is InChI=1S/C12H20N2/c1-4-10-6-5-8(2)9(3)7-11(13)12(10)14/h5,7,9H,4,6,13-14H2,1-3H3/b8-5-,11-7+,12-10+. The van der Waals surface area contributed by atoms with Crippen LogP contribution in [0.4, 0.5) is 0 Å². The Morgan fingerprint density at radius 3 is 2.64 bits per heavy atom. The zero-order valence-electron chi connectivity index (χ0n) is 9.30. The highest BCUT2D eigenvalue weighted by atomic mass is 14.7. The molecule has 0 bridgehead atoms. The molecule has 2 heteroatoms. The quantitative estimate of drug-likeness (QED) is 0.627. The van der Waals surface area contributed by atoms with Gasteiger partial charge in [-0.2, -0.15) is 0 Å². The summed E-state index contributed by atoms with van der Waals surface area (Å²) in [6.45, 7) is 6.40. The van der Waals surface area contributed by atoms with E-state index in [0.717, 1.165) is 24.2 Å². The van der Waals surface area contributed by atoms with Crippen LogP contribution in [-0.4, -0.2) is 0 Å². The zero-order valence-corrected chi connectivity index (χ0v) is 9.30. The SMILES string of the molecule is CC/C1=C(N)/C(N)=C\C(C)/C(C)=C\C1. The molecule has 0 saturated carbocycles. The second-order valence-electron chi connectivity index (χ2n) is 3.93. The lowest BCUT2D eigenvalue weighted by Gasteiger charge is -2.16. The van der Waals surface area contributed by atoms with E-state index in [4.69, 9.17) is 11.5 Å². The monoisotopic (exact) mass is 192 g/mol. The molecule has 1 aliphatic carbocycles. The van der Waals surface area contributed by atoms with Gasteiger partial charge in [-0.25, -0.2) is 0 Å². The van der Waals surface area contributed by atoms with Crippen molar-refractivity contribution < 1.29 is 0 Å². The van der Waals surface area contributed by atoms with Gasteiger partial charge in [0.05, 0.1) is 11.4 Å². The van der Waals surface area contributed by atoms with Crippen molar-refractivity contribution in [1.82, 2.24) is 0 Å². The number of hydrogen-bond acceptors (Lipinski definition) is 2. The van der Waals surface area contributed by atoms with Gasteiger partial charge in [0, 0.05) is 0 Å². The average Bonchev–Trinajstić information content (AvgIpc) is 2.16. The fourth-order valence-electron chi connectivity index (χ4n) is 1.61. The van der Waals surface area contributed by atoms with Crippen LogP contribution in [0.15, 0.2) is 34.7 Å². The molecule has 78 valence electrons. The van der Waals surface area contributed by atoms with E-state index >= 15 is 0 Å². The highest BCUT2D eigenvalue weighted by Crippen LogP contribution is 2.23. The molecule has 4 N–H and O–H groups in total. The van der Waals surface area contributed by atoms with E-state index in [9.17, 15) is 0 Å². The summed E-state index contributed by atoms with van der Waals surface area (Å²) >= 11 is 0. The summed E-state index contributed by atoms with van der Waals surface area (Å²) in [5.74, 6) is 0.395.